The largest absolute Gasteiger partial charge is 0.365 e. The summed E-state index contributed by atoms with van der Waals surface area (Å²) in [6, 6.07) is 6.97. The van der Waals surface area contributed by atoms with Crippen molar-refractivity contribution in [2.75, 3.05) is 18.9 Å². The van der Waals surface area contributed by atoms with E-state index in [0.717, 1.165) is 22.8 Å². The lowest BCUT2D eigenvalue weighted by Gasteiger charge is -2.06. The Kier molecular flexibility index (Phi) is 5.33. The van der Waals surface area contributed by atoms with Crippen molar-refractivity contribution in [1.29, 1.82) is 0 Å². The summed E-state index contributed by atoms with van der Waals surface area (Å²) in [5.74, 6) is 0. The standard InChI is InChI=1S/C14H19N3O2S2/c1-3-11-4-6-13(7-5-11)21(18,19)16-9-8-12-10-20-14(15-2)17-12/h4-7,10,16H,3,8-9H2,1-2H3,(H,15,17). The third kappa shape index (κ3) is 4.26. The lowest BCUT2D eigenvalue weighted by Crippen LogP contribution is -2.26. The lowest BCUT2D eigenvalue weighted by atomic mass is 10.2. The van der Waals surface area contributed by atoms with Crippen LogP contribution in [0.1, 0.15) is 18.2 Å². The maximum absolute atomic E-state index is 12.1. The Hall–Kier alpha value is -1.44. The second-order valence-corrected chi connectivity index (χ2v) is 7.16. The maximum Gasteiger partial charge on any atom is 0.240 e. The summed E-state index contributed by atoms with van der Waals surface area (Å²) in [5, 5.41) is 5.72. The number of rotatable bonds is 7. The molecular formula is C14H19N3O2S2. The molecule has 21 heavy (non-hydrogen) atoms. The number of hydrogen-bond acceptors (Lipinski definition) is 5. The molecule has 0 unspecified atom stereocenters. The molecule has 1 aromatic carbocycles. The zero-order chi connectivity index (χ0) is 15.3. The van der Waals surface area contributed by atoms with E-state index in [0.29, 0.717) is 17.9 Å². The van der Waals surface area contributed by atoms with Gasteiger partial charge in [-0.25, -0.2) is 18.1 Å². The Balaban J connectivity index is 1.94. The lowest BCUT2D eigenvalue weighted by molar-refractivity contribution is 0.581. The minimum Gasteiger partial charge on any atom is -0.365 e. The first-order chi connectivity index (χ1) is 10.0. The van der Waals surface area contributed by atoms with E-state index >= 15 is 0 Å². The summed E-state index contributed by atoms with van der Waals surface area (Å²) in [6.45, 7) is 2.37. The van der Waals surface area contributed by atoms with E-state index < -0.39 is 10.0 Å². The van der Waals surface area contributed by atoms with Gasteiger partial charge in [0.05, 0.1) is 10.6 Å². The van der Waals surface area contributed by atoms with Crippen molar-refractivity contribution in [2.45, 2.75) is 24.7 Å². The maximum atomic E-state index is 12.1. The molecule has 114 valence electrons. The minimum absolute atomic E-state index is 0.300. The molecule has 0 saturated heterocycles. The van der Waals surface area contributed by atoms with E-state index in [4.69, 9.17) is 0 Å². The second kappa shape index (κ2) is 7.02. The first kappa shape index (κ1) is 15.9. The van der Waals surface area contributed by atoms with Crippen LogP contribution in [0.3, 0.4) is 0 Å². The van der Waals surface area contributed by atoms with E-state index in [1.165, 1.54) is 11.3 Å². The molecule has 2 N–H and O–H groups in total. The average molecular weight is 325 g/mol. The highest BCUT2D eigenvalue weighted by molar-refractivity contribution is 7.89. The molecular weight excluding hydrogens is 306 g/mol. The van der Waals surface area contributed by atoms with Crippen LogP contribution in [0.5, 0.6) is 0 Å². The Labute approximate surface area is 129 Å². The molecule has 0 spiro atoms. The molecule has 0 fully saturated rings. The third-order valence-electron chi connectivity index (χ3n) is 3.08. The van der Waals surface area contributed by atoms with Gasteiger partial charge in [-0.1, -0.05) is 19.1 Å². The van der Waals surface area contributed by atoms with Crippen LogP contribution in [-0.4, -0.2) is 27.0 Å². The quantitative estimate of drug-likeness (QED) is 0.819. The molecule has 0 aliphatic carbocycles. The molecule has 0 amide bonds. The van der Waals surface area contributed by atoms with Crippen LogP contribution in [0.25, 0.3) is 0 Å². The van der Waals surface area contributed by atoms with Crippen LogP contribution >= 0.6 is 11.3 Å². The van der Waals surface area contributed by atoms with E-state index in [9.17, 15) is 8.42 Å². The minimum atomic E-state index is -3.44. The van der Waals surface area contributed by atoms with Gasteiger partial charge in [0.1, 0.15) is 0 Å². The van der Waals surface area contributed by atoms with Gasteiger partial charge < -0.3 is 5.32 Å². The second-order valence-electron chi connectivity index (χ2n) is 4.54. The molecule has 0 radical (unpaired) electrons. The van der Waals surface area contributed by atoms with Crippen molar-refractivity contribution >= 4 is 26.5 Å². The molecule has 2 rings (SSSR count). The molecule has 0 atom stereocenters. The molecule has 0 aliphatic rings. The van der Waals surface area contributed by atoms with E-state index in [1.54, 1.807) is 12.1 Å². The number of aromatic nitrogens is 1. The number of anilines is 1. The fourth-order valence-electron chi connectivity index (χ4n) is 1.84. The van der Waals surface area contributed by atoms with Crippen molar-refractivity contribution in [1.82, 2.24) is 9.71 Å². The Bertz CT molecular complexity index is 678. The topological polar surface area (TPSA) is 71.1 Å². The highest BCUT2D eigenvalue weighted by Crippen LogP contribution is 2.15. The molecule has 0 saturated carbocycles. The third-order valence-corrected chi connectivity index (χ3v) is 5.47. The number of nitrogens with zero attached hydrogens (tertiary/aromatic N) is 1. The number of nitrogens with one attached hydrogen (secondary N) is 2. The molecule has 7 heteroatoms. The van der Waals surface area contributed by atoms with Gasteiger partial charge in [0.2, 0.25) is 10.0 Å². The summed E-state index contributed by atoms with van der Waals surface area (Å²) in [7, 11) is -1.63. The number of sulfonamides is 1. The van der Waals surface area contributed by atoms with Gasteiger partial charge in [-0.15, -0.1) is 11.3 Å². The van der Waals surface area contributed by atoms with Gasteiger partial charge in [-0.3, -0.25) is 0 Å². The van der Waals surface area contributed by atoms with E-state index in [1.807, 2.05) is 31.5 Å². The highest BCUT2D eigenvalue weighted by atomic mass is 32.2. The Morgan fingerprint density at radius 3 is 2.52 bits per heavy atom. The van der Waals surface area contributed by atoms with Crippen LogP contribution < -0.4 is 10.0 Å². The van der Waals surface area contributed by atoms with Crippen LogP contribution in [0, 0.1) is 0 Å². The summed E-state index contributed by atoms with van der Waals surface area (Å²) in [6.07, 6.45) is 1.47. The number of hydrogen-bond donors (Lipinski definition) is 2. The summed E-state index contributed by atoms with van der Waals surface area (Å²) >= 11 is 1.51. The zero-order valence-corrected chi connectivity index (χ0v) is 13.7. The fraction of sp³-hybridized carbons (Fsp3) is 0.357. The van der Waals surface area contributed by atoms with Crippen LogP contribution in [0.4, 0.5) is 5.13 Å². The summed E-state index contributed by atoms with van der Waals surface area (Å²) < 4.78 is 26.9. The van der Waals surface area contributed by atoms with Gasteiger partial charge in [-0.05, 0) is 24.1 Å². The van der Waals surface area contributed by atoms with Gasteiger partial charge in [0.25, 0.3) is 0 Å². The number of aryl methyl sites for hydroxylation is 1. The Morgan fingerprint density at radius 2 is 1.95 bits per heavy atom. The van der Waals surface area contributed by atoms with Crippen molar-refractivity contribution in [3.63, 3.8) is 0 Å². The van der Waals surface area contributed by atoms with E-state index in [2.05, 4.69) is 15.0 Å². The predicted molar refractivity (Wildman–Crippen MR) is 86.4 cm³/mol. The highest BCUT2D eigenvalue weighted by Gasteiger charge is 2.13. The average Bonchev–Trinajstić information content (AvgIpc) is 2.95. The number of thiazole rings is 1. The van der Waals surface area contributed by atoms with Crippen molar-refractivity contribution in [3.8, 4) is 0 Å². The molecule has 5 nitrogen and oxygen atoms in total. The van der Waals surface area contributed by atoms with Crippen LogP contribution in [0.2, 0.25) is 0 Å². The van der Waals surface area contributed by atoms with Crippen molar-refractivity contribution in [3.05, 3.63) is 40.9 Å². The van der Waals surface area contributed by atoms with Gasteiger partial charge >= 0.3 is 0 Å². The normalized spacial score (nSPS) is 11.5. The number of benzene rings is 1. The van der Waals surface area contributed by atoms with Crippen LogP contribution in [-0.2, 0) is 22.9 Å². The van der Waals surface area contributed by atoms with Crippen molar-refractivity contribution in [2.24, 2.45) is 0 Å². The van der Waals surface area contributed by atoms with Gasteiger partial charge in [0, 0.05) is 25.4 Å². The molecule has 1 aromatic heterocycles. The zero-order valence-electron chi connectivity index (χ0n) is 12.1. The monoisotopic (exact) mass is 325 g/mol. The molecule has 0 aliphatic heterocycles. The van der Waals surface area contributed by atoms with Crippen LogP contribution in [0.15, 0.2) is 34.5 Å². The summed E-state index contributed by atoms with van der Waals surface area (Å²) in [5.41, 5.74) is 2.00. The molecule has 2 aromatic rings. The Morgan fingerprint density at radius 1 is 1.24 bits per heavy atom. The smallest absolute Gasteiger partial charge is 0.240 e. The molecule has 1 heterocycles. The van der Waals surface area contributed by atoms with Gasteiger partial charge in [0.15, 0.2) is 5.13 Å². The first-order valence-electron chi connectivity index (χ1n) is 6.76. The SMILES string of the molecule is CCc1ccc(S(=O)(=O)NCCc2csc(NC)n2)cc1. The predicted octanol–water partition coefficient (Wildman–Crippen LogP) is 2.27. The first-order valence-corrected chi connectivity index (χ1v) is 9.12. The van der Waals surface area contributed by atoms with Gasteiger partial charge in [-0.2, -0.15) is 0 Å². The van der Waals surface area contributed by atoms with E-state index in [-0.39, 0.29) is 0 Å². The molecule has 0 bridgehead atoms. The van der Waals surface area contributed by atoms with Crippen molar-refractivity contribution < 1.29 is 8.42 Å². The summed E-state index contributed by atoms with van der Waals surface area (Å²) in [4.78, 5) is 4.62. The fourth-order valence-corrected chi connectivity index (χ4v) is 3.58.